The van der Waals surface area contributed by atoms with E-state index in [9.17, 15) is 0 Å². The highest BCUT2D eigenvalue weighted by atomic mass is 16.5. The second kappa shape index (κ2) is 8.47. The fourth-order valence-corrected chi connectivity index (χ4v) is 3.62. The average Bonchev–Trinajstić information content (AvgIpc) is 2.93. The first kappa shape index (κ1) is 17.2. The van der Waals surface area contributed by atoms with Gasteiger partial charge in [0.15, 0.2) is 0 Å². The minimum absolute atomic E-state index is 0.676. The Morgan fingerprint density at radius 3 is 2.38 bits per heavy atom. The summed E-state index contributed by atoms with van der Waals surface area (Å²) < 4.78 is 5.48. The first-order chi connectivity index (χ1) is 10.1. The standard InChI is InChI=1S/C17H35N3O/c1-14(2)11-18-12-17(15(3)4)20-6-5-16(13-20)19-7-9-21-10-8-19/h14-18H,5-13H2,1-4H3. The highest BCUT2D eigenvalue weighted by Crippen LogP contribution is 2.22. The van der Waals surface area contributed by atoms with Gasteiger partial charge in [-0.15, -0.1) is 0 Å². The van der Waals surface area contributed by atoms with Crippen molar-refractivity contribution in [1.82, 2.24) is 15.1 Å². The first-order valence-corrected chi connectivity index (χ1v) is 8.84. The number of nitrogens with one attached hydrogen (secondary N) is 1. The van der Waals surface area contributed by atoms with Gasteiger partial charge in [-0.25, -0.2) is 0 Å². The van der Waals surface area contributed by atoms with E-state index >= 15 is 0 Å². The predicted octanol–water partition coefficient (Wildman–Crippen LogP) is 1.66. The van der Waals surface area contributed by atoms with Crippen molar-refractivity contribution in [1.29, 1.82) is 0 Å². The summed E-state index contributed by atoms with van der Waals surface area (Å²) >= 11 is 0. The zero-order valence-corrected chi connectivity index (χ0v) is 14.5. The fraction of sp³-hybridized carbons (Fsp3) is 1.00. The number of hydrogen-bond acceptors (Lipinski definition) is 4. The van der Waals surface area contributed by atoms with E-state index in [0.29, 0.717) is 12.0 Å². The zero-order chi connectivity index (χ0) is 15.2. The molecule has 2 unspecified atom stereocenters. The number of hydrogen-bond donors (Lipinski definition) is 1. The Morgan fingerprint density at radius 1 is 1.05 bits per heavy atom. The van der Waals surface area contributed by atoms with Gasteiger partial charge in [0.25, 0.3) is 0 Å². The van der Waals surface area contributed by atoms with E-state index in [-0.39, 0.29) is 0 Å². The third-order valence-electron chi connectivity index (χ3n) is 4.90. The molecule has 0 saturated carbocycles. The lowest BCUT2D eigenvalue weighted by Crippen LogP contribution is -2.48. The summed E-state index contributed by atoms with van der Waals surface area (Å²) in [5.74, 6) is 1.45. The first-order valence-electron chi connectivity index (χ1n) is 8.84. The molecule has 0 aromatic heterocycles. The molecule has 4 nitrogen and oxygen atoms in total. The van der Waals surface area contributed by atoms with E-state index in [2.05, 4.69) is 42.8 Å². The molecule has 124 valence electrons. The molecule has 0 bridgehead atoms. The summed E-state index contributed by atoms with van der Waals surface area (Å²) in [4.78, 5) is 5.36. The quantitative estimate of drug-likeness (QED) is 0.773. The Morgan fingerprint density at radius 2 is 1.76 bits per heavy atom. The highest BCUT2D eigenvalue weighted by molar-refractivity contribution is 4.89. The smallest absolute Gasteiger partial charge is 0.0594 e. The van der Waals surface area contributed by atoms with E-state index in [1.165, 1.54) is 19.5 Å². The predicted molar refractivity (Wildman–Crippen MR) is 88.7 cm³/mol. The van der Waals surface area contributed by atoms with E-state index in [1.54, 1.807) is 0 Å². The van der Waals surface area contributed by atoms with Gasteiger partial charge in [0.05, 0.1) is 13.2 Å². The van der Waals surface area contributed by atoms with Crippen LogP contribution in [0.4, 0.5) is 0 Å². The Bertz CT molecular complexity index is 290. The molecule has 2 rings (SSSR count). The lowest BCUT2D eigenvalue weighted by Gasteiger charge is -2.35. The Labute approximate surface area is 131 Å². The van der Waals surface area contributed by atoms with Crippen LogP contribution in [0, 0.1) is 11.8 Å². The van der Waals surface area contributed by atoms with Crippen LogP contribution >= 0.6 is 0 Å². The molecule has 1 N–H and O–H groups in total. The van der Waals surface area contributed by atoms with Gasteiger partial charge >= 0.3 is 0 Å². The topological polar surface area (TPSA) is 27.7 Å². The van der Waals surface area contributed by atoms with Gasteiger partial charge in [0.1, 0.15) is 0 Å². The molecule has 2 saturated heterocycles. The molecule has 4 heteroatoms. The van der Waals surface area contributed by atoms with Crippen molar-refractivity contribution in [2.75, 3.05) is 52.5 Å². The van der Waals surface area contributed by atoms with Gasteiger partial charge in [0, 0.05) is 44.8 Å². The summed E-state index contributed by atoms with van der Waals surface area (Å²) in [5, 5.41) is 3.66. The molecule has 21 heavy (non-hydrogen) atoms. The molecule has 0 aliphatic carbocycles. The van der Waals surface area contributed by atoms with Crippen molar-refractivity contribution in [3.05, 3.63) is 0 Å². The van der Waals surface area contributed by atoms with Crippen LogP contribution in [0.15, 0.2) is 0 Å². The molecular weight excluding hydrogens is 262 g/mol. The van der Waals surface area contributed by atoms with Crippen LogP contribution in [0.2, 0.25) is 0 Å². The number of ether oxygens (including phenoxy) is 1. The normalized spacial score (nSPS) is 26.9. The van der Waals surface area contributed by atoms with Crippen LogP contribution in [-0.4, -0.2) is 74.4 Å². The lowest BCUT2D eigenvalue weighted by atomic mass is 10.0. The van der Waals surface area contributed by atoms with Crippen molar-refractivity contribution in [3.63, 3.8) is 0 Å². The molecule has 2 atom stereocenters. The van der Waals surface area contributed by atoms with Gasteiger partial charge in [-0.1, -0.05) is 27.7 Å². The highest BCUT2D eigenvalue weighted by Gasteiger charge is 2.33. The second-order valence-electron chi connectivity index (χ2n) is 7.45. The van der Waals surface area contributed by atoms with E-state index in [1.807, 2.05) is 0 Å². The third-order valence-corrected chi connectivity index (χ3v) is 4.90. The van der Waals surface area contributed by atoms with Crippen LogP contribution in [0.25, 0.3) is 0 Å². The van der Waals surface area contributed by atoms with Crippen LogP contribution in [0.5, 0.6) is 0 Å². The third kappa shape index (κ3) is 5.20. The summed E-state index contributed by atoms with van der Waals surface area (Å²) in [6, 6.07) is 1.43. The van der Waals surface area contributed by atoms with Crippen molar-refractivity contribution in [3.8, 4) is 0 Å². The van der Waals surface area contributed by atoms with Gasteiger partial charge in [-0.2, -0.15) is 0 Å². The number of morpholine rings is 1. The molecule has 2 aliphatic rings. The molecule has 2 fully saturated rings. The van der Waals surface area contributed by atoms with Crippen LogP contribution < -0.4 is 5.32 Å². The summed E-state index contributed by atoms with van der Waals surface area (Å²) in [6.07, 6.45) is 1.33. The average molecular weight is 297 g/mol. The molecular formula is C17H35N3O. The van der Waals surface area contributed by atoms with Gasteiger partial charge < -0.3 is 10.1 Å². The van der Waals surface area contributed by atoms with Crippen molar-refractivity contribution in [2.24, 2.45) is 11.8 Å². The molecule has 0 spiro atoms. The summed E-state index contributed by atoms with van der Waals surface area (Å²) in [7, 11) is 0. The largest absolute Gasteiger partial charge is 0.379 e. The minimum Gasteiger partial charge on any atom is -0.379 e. The fourth-order valence-electron chi connectivity index (χ4n) is 3.62. The van der Waals surface area contributed by atoms with Gasteiger partial charge in [-0.05, 0) is 24.8 Å². The zero-order valence-electron chi connectivity index (χ0n) is 14.5. The van der Waals surface area contributed by atoms with Crippen LogP contribution in [0.3, 0.4) is 0 Å². The molecule has 0 amide bonds. The number of nitrogens with zero attached hydrogens (tertiary/aromatic N) is 2. The van der Waals surface area contributed by atoms with Crippen LogP contribution in [-0.2, 0) is 4.74 Å². The second-order valence-corrected chi connectivity index (χ2v) is 7.45. The van der Waals surface area contributed by atoms with Gasteiger partial charge in [-0.3, -0.25) is 9.80 Å². The number of rotatable bonds is 7. The molecule has 0 aromatic carbocycles. The maximum absolute atomic E-state index is 5.48. The maximum Gasteiger partial charge on any atom is 0.0594 e. The lowest BCUT2D eigenvalue weighted by molar-refractivity contribution is 0.0170. The van der Waals surface area contributed by atoms with Crippen molar-refractivity contribution in [2.45, 2.75) is 46.2 Å². The maximum atomic E-state index is 5.48. The molecule has 2 heterocycles. The Kier molecular flexibility index (Phi) is 6.93. The Hall–Kier alpha value is -0.160. The molecule has 0 radical (unpaired) electrons. The van der Waals surface area contributed by atoms with Crippen LogP contribution in [0.1, 0.15) is 34.1 Å². The minimum atomic E-state index is 0.676. The summed E-state index contributed by atoms with van der Waals surface area (Å²) in [5.41, 5.74) is 0. The van der Waals surface area contributed by atoms with Gasteiger partial charge in [0.2, 0.25) is 0 Å². The summed E-state index contributed by atoms with van der Waals surface area (Å²) in [6.45, 7) is 18.1. The Balaban J connectivity index is 1.81. The molecule has 2 aliphatic heterocycles. The van der Waals surface area contributed by atoms with E-state index < -0.39 is 0 Å². The SMILES string of the molecule is CC(C)CNCC(C(C)C)N1CCC(N2CCOCC2)C1. The van der Waals surface area contributed by atoms with Crippen molar-refractivity contribution >= 4 is 0 Å². The molecule has 0 aromatic rings. The number of likely N-dealkylation sites (tertiary alicyclic amines) is 1. The van der Waals surface area contributed by atoms with Crippen molar-refractivity contribution < 1.29 is 4.74 Å². The van der Waals surface area contributed by atoms with E-state index in [0.717, 1.165) is 51.4 Å². The monoisotopic (exact) mass is 297 g/mol. The van der Waals surface area contributed by atoms with E-state index in [4.69, 9.17) is 4.74 Å².